The molecule has 5 nitrogen and oxygen atoms in total. The van der Waals surface area contributed by atoms with E-state index in [9.17, 15) is 15.0 Å². The molecule has 2 aliphatic heterocycles. The molecule has 28 heavy (non-hydrogen) atoms. The Bertz CT molecular complexity index is 1200. The topological polar surface area (TPSA) is 76.0 Å². The Morgan fingerprint density at radius 3 is 2.57 bits per heavy atom. The second kappa shape index (κ2) is 5.54. The molecule has 0 saturated heterocycles. The van der Waals surface area contributed by atoms with Crippen molar-refractivity contribution < 1.29 is 24.5 Å². The number of carbonyl (C=O) groups excluding carboxylic acids is 1. The Morgan fingerprint density at radius 1 is 0.964 bits per heavy atom. The van der Waals surface area contributed by atoms with Crippen LogP contribution in [0, 0.1) is 12.3 Å². The van der Waals surface area contributed by atoms with E-state index in [0.717, 1.165) is 0 Å². The van der Waals surface area contributed by atoms with Gasteiger partial charge in [-0.3, -0.25) is 0 Å². The smallest absolute Gasteiger partial charge is 0.340 e. The van der Waals surface area contributed by atoms with E-state index in [1.54, 1.807) is 24.3 Å². The van der Waals surface area contributed by atoms with Crippen LogP contribution < -0.4 is 4.74 Å². The molecule has 1 atom stereocenters. The number of phenolic OH excluding ortho intramolecular Hbond substituents is 2. The molecule has 0 aliphatic carbocycles. The molecule has 3 aromatic carbocycles. The van der Waals surface area contributed by atoms with Crippen LogP contribution in [0.2, 0.25) is 0 Å². The quantitative estimate of drug-likeness (QED) is 0.503. The fourth-order valence-electron chi connectivity index (χ4n) is 4.13. The molecule has 5 heteroatoms. The van der Waals surface area contributed by atoms with Crippen LogP contribution >= 0.6 is 0 Å². The highest BCUT2D eigenvalue weighted by Crippen LogP contribution is 2.58. The van der Waals surface area contributed by atoms with E-state index in [-0.39, 0.29) is 17.9 Å². The number of ether oxygens (including phenoxy) is 2. The number of phenols is 2. The van der Waals surface area contributed by atoms with Gasteiger partial charge >= 0.3 is 5.97 Å². The first kappa shape index (κ1) is 16.3. The number of fused-ring (bicyclic) bond motifs is 6. The maximum absolute atomic E-state index is 12.8. The molecule has 0 amide bonds. The van der Waals surface area contributed by atoms with Gasteiger partial charge in [0.15, 0.2) is 5.60 Å². The van der Waals surface area contributed by atoms with Crippen molar-refractivity contribution in [3.8, 4) is 35.3 Å². The van der Waals surface area contributed by atoms with Crippen LogP contribution in [0.25, 0.3) is 0 Å². The van der Waals surface area contributed by atoms with Gasteiger partial charge in [-0.15, -0.1) is 12.3 Å². The number of carbonyl (C=O) groups is 1. The minimum Gasteiger partial charge on any atom is -0.508 e. The molecule has 136 valence electrons. The first-order valence-electron chi connectivity index (χ1n) is 8.68. The summed E-state index contributed by atoms with van der Waals surface area (Å²) in [5.74, 6) is 2.80. The van der Waals surface area contributed by atoms with Crippen LogP contribution in [-0.2, 0) is 16.8 Å². The maximum Gasteiger partial charge on any atom is 0.340 e. The molecule has 3 aromatic rings. The normalized spacial score (nSPS) is 18.5. The molecule has 2 aliphatic rings. The van der Waals surface area contributed by atoms with E-state index < -0.39 is 11.6 Å². The molecule has 1 unspecified atom stereocenters. The predicted molar refractivity (Wildman–Crippen MR) is 101 cm³/mol. The lowest BCUT2D eigenvalue weighted by atomic mass is 9.75. The molecule has 0 saturated carbocycles. The van der Waals surface area contributed by atoms with Crippen molar-refractivity contribution in [2.75, 3.05) is 0 Å². The SMILES string of the molecule is C#CCc1cc(O)cc2c1C1(OC(=O)c3ccccc31)c1ccc(O)cc1O2. The fraction of sp³-hybridized carbons (Fsp3) is 0.0870. The Morgan fingerprint density at radius 2 is 1.75 bits per heavy atom. The summed E-state index contributed by atoms with van der Waals surface area (Å²) in [5, 5.41) is 20.1. The van der Waals surface area contributed by atoms with Crippen molar-refractivity contribution in [1.29, 1.82) is 0 Å². The Kier molecular flexibility index (Phi) is 3.22. The highest BCUT2D eigenvalue weighted by atomic mass is 16.6. The fourth-order valence-corrected chi connectivity index (χ4v) is 4.13. The van der Waals surface area contributed by atoms with Gasteiger partial charge in [0.25, 0.3) is 0 Å². The second-order valence-corrected chi connectivity index (χ2v) is 6.76. The number of esters is 1. The van der Waals surface area contributed by atoms with Gasteiger partial charge in [-0.25, -0.2) is 4.79 Å². The number of terminal acetylenes is 1. The van der Waals surface area contributed by atoms with E-state index in [4.69, 9.17) is 15.9 Å². The van der Waals surface area contributed by atoms with Crippen LogP contribution in [0.5, 0.6) is 23.0 Å². The molecule has 2 heterocycles. The number of aromatic hydroxyl groups is 2. The summed E-state index contributed by atoms with van der Waals surface area (Å²) in [6.07, 6.45) is 5.77. The molecule has 5 rings (SSSR count). The summed E-state index contributed by atoms with van der Waals surface area (Å²) in [7, 11) is 0. The van der Waals surface area contributed by atoms with Gasteiger partial charge < -0.3 is 19.7 Å². The Hall–Kier alpha value is -3.91. The Balaban J connectivity index is 1.94. The van der Waals surface area contributed by atoms with Crippen LogP contribution in [-0.4, -0.2) is 16.2 Å². The first-order valence-corrected chi connectivity index (χ1v) is 8.68. The third-order valence-corrected chi connectivity index (χ3v) is 5.15. The summed E-state index contributed by atoms with van der Waals surface area (Å²) in [5.41, 5.74) is 1.64. The standard InChI is InChI=1S/C23H14O5/c1-2-5-13-10-15(25)12-20-21(13)23(18-9-8-14(24)11-19(18)27-20)17-7-4-3-6-16(17)22(26)28-23/h1,3-4,6-12,24-25H,5H2. The number of benzene rings is 3. The van der Waals surface area contributed by atoms with Crippen molar-refractivity contribution in [3.05, 3.63) is 82.4 Å². The largest absolute Gasteiger partial charge is 0.508 e. The minimum absolute atomic E-state index is 0.0129. The van der Waals surface area contributed by atoms with Crippen molar-refractivity contribution in [1.82, 2.24) is 0 Å². The zero-order valence-electron chi connectivity index (χ0n) is 14.6. The van der Waals surface area contributed by atoms with E-state index in [1.165, 1.54) is 18.2 Å². The van der Waals surface area contributed by atoms with E-state index in [1.807, 2.05) is 12.1 Å². The summed E-state index contributed by atoms with van der Waals surface area (Å²) >= 11 is 0. The van der Waals surface area contributed by atoms with E-state index in [2.05, 4.69) is 5.92 Å². The third-order valence-electron chi connectivity index (χ3n) is 5.15. The van der Waals surface area contributed by atoms with Crippen molar-refractivity contribution >= 4 is 5.97 Å². The molecule has 0 aromatic heterocycles. The molecule has 0 radical (unpaired) electrons. The van der Waals surface area contributed by atoms with Crippen LogP contribution in [0.1, 0.15) is 32.6 Å². The third kappa shape index (κ3) is 2.00. The average Bonchev–Trinajstić information content (AvgIpc) is 2.95. The van der Waals surface area contributed by atoms with Crippen molar-refractivity contribution in [3.63, 3.8) is 0 Å². The van der Waals surface area contributed by atoms with Gasteiger partial charge in [0.2, 0.25) is 0 Å². The zero-order chi connectivity index (χ0) is 19.5. The summed E-state index contributed by atoms with van der Waals surface area (Å²) in [6, 6.07) is 14.8. The monoisotopic (exact) mass is 370 g/mol. The van der Waals surface area contributed by atoms with E-state index in [0.29, 0.717) is 39.3 Å². The summed E-state index contributed by atoms with van der Waals surface area (Å²) < 4.78 is 12.0. The lowest BCUT2D eigenvalue weighted by molar-refractivity contribution is 0.0222. The maximum atomic E-state index is 12.8. The van der Waals surface area contributed by atoms with Crippen molar-refractivity contribution in [2.24, 2.45) is 0 Å². The molecule has 1 spiro atoms. The van der Waals surface area contributed by atoms with Crippen molar-refractivity contribution in [2.45, 2.75) is 12.0 Å². The van der Waals surface area contributed by atoms with Gasteiger partial charge in [0.1, 0.15) is 23.0 Å². The lowest BCUT2D eigenvalue weighted by Gasteiger charge is -2.37. The van der Waals surface area contributed by atoms with E-state index >= 15 is 0 Å². The van der Waals surface area contributed by atoms with Crippen LogP contribution in [0.4, 0.5) is 0 Å². The molecular formula is C23H14O5. The van der Waals surface area contributed by atoms with Gasteiger partial charge in [0, 0.05) is 29.7 Å². The number of hydrogen-bond acceptors (Lipinski definition) is 5. The summed E-state index contributed by atoms with van der Waals surface area (Å²) in [6.45, 7) is 0. The predicted octanol–water partition coefficient (Wildman–Crippen LogP) is 3.84. The molecule has 0 bridgehead atoms. The average molecular weight is 370 g/mol. The van der Waals surface area contributed by atoms with Gasteiger partial charge in [-0.2, -0.15) is 0 Å². The lowest BCUT2D eigenvalue weighted by Crippen LogP contribution is -2.34. The summed E-state index contributed by atoms with van der Waals surface area (Å²) in [4.78, 5) is 12.8. The second-order valence-electron chi connectivity index (χ2n) is 6.76. The van der Waals surface area contributed by atoms with Gasteiger partial charge in [0.05, 0.1) is 11.1 Å². The number of hydrogen-bond donors (Lipinski definition) is 2. The van der Waals surface area contributed by atoms with Crippen LogP contribution in [0.15, 0.2) is 54.6 Å². The van der Waals surface area contributed by atoms with Gasteiger partial charge in [-0.05, 0) is 29.8 Å². The minimum atomic E-state index is -1.27. The van der Waals surface area contributed by atoms with Crippen LogP contribution in [0.3, 0.4) is 0 Å². The highest BCUT2D eigenvalue weighted by Gasteiger charge is 2.54. The highest BCUT2D eigenvalue weighted by molar-refractivity contribution is 5.97. The molecular weight excluding hydrogens is 356 g/mol. The molecule has 2 N–H and O–H groups in total. The van der Waals surface area contributed by atoms with Gasteiger partial charge in [-0.1, -0.05) is 18.2 Å². The zero-order valence-corrected chi connectivity index (χ0v) is 14.6. The Labute approximate surface area is 160 Å². The first-order chi connectivity index (χ1) is 13.5. The molecule has 0 fully saturated rings. The number of rotatable bonds is 1.